The van der Waals surface area contributed by atoms with Crippen molar-refractivity contribution in [2.75, 3.05) is 12.8 Å². The van der Waals surface area contributed by atoms with Crippen molar-refractivity contribution in [3.63, 3.8) is 0 Å². The molecule has 98 valence electrons. The molecule has 2 unspecified atom stereocenters. The second-order valence-electron chi connectivity index (χ2n) is 4.43. The number of sulfone groups is 1. The van der Waals surface area contributed by atoms with E-state index in [-0.39, 0.29) is 11.3 Å². The van der Waals surface area contributed by atoms with Gasteiger partial charge in [0.25, 0.3) is 0 Å². The molecule has 1 heterocycles. The van der Waals surface area contributed by atoms with Crippen LogP contribution in [0.15, 0.2) is 16.8 Å². The summed E-state index contributed by atoms with van der Waals surface area (Å²) in [6.45, 7) is 4.73. The molecule has 0 saturated heterocycles. The molecule has 0 spiro atoms. The van der Waals surface area contributed by atoms with Gasteiger partial charge in [-0.3, -0.25) is 0 Å². The minimum atomic E-state index is -2.99. The molecule has 5 heteroatoms. The van der Waals surface area contributed by atoms with Gasteiger partial charge in [0.2, 0.25) is 0 Å². The summed E-state index contributed by atoms with van der Waals surface area (Å²) in [6, 6.07) is 2.06. The molecule has 3 nitrogen and oxygen atoms in total. The fourth-order valence-corrected chi connectivity index (χ4v) is 3.17. The van der Waals surface area contributed by atoms with Crippen molar-refractivity contribution < 1.29 is 8.42 Å². The molecule has 0 radical (unpaired) electrons. The van der Waals surface area contributed by atoms with Crippen molar-refractivity contribution in [1.82, 2.24) is 5.32 Å². The molecule has 0 fully saturated rings. The Hall–Kier alpha value is -0.390. The van der Waals surface area contributed by atoms with Crippen molar-refractivity contribution in [2.24, 2.45) is 0 Å². The third-order valence-corrected chi connectivity index (χ3v) is 5.35. The largest absolute Gasteiger partial charge is 0.312 e. The Labute approximate surface area is 108 Å². The van der Waals surface area contributed by atoms with Crippen LogP contribution in [-0.2, 0) is 16.3 Å². The zero-order valence-corrected chi connectivity index (χ0v) is 12.3. The zero-order chi connectivity index (χ0) is 12.9. The second-order valence-corrected chi connectivity index (χ2v) is 7.61. The first-order valence-electron chi connectivity index (χ1n) is 5.88. The highest BCUT2D eigenvalue weighted by atomic mass is 32.2. The fourth-order valence-electron chi connectivity index (χ4n) is 1.69. The number of nitrogens with one attached hydrogen (secondary N) is 1. The normalized spacial score (nSPS) is 15.7. The van der Waals surface area contributed by atoms with E-state index in [0.717, 1.165) is 19.4 Å². The predicted molar refractivity (Wildman–Crippen MR) is 74.4 cm³/mol. The number of hydrogen-bond donors (Lipinski definition) is 1. The van der Waals surface area contributed by atoms with Crippen molar-refractivity contribution >= 4 is 21.2 Å². The van der Waals surface area contributed by atoms with E-state index in [4.69, 9.17) is 0 Å². The van der Waals surface area contributed by atoms with Crippen LogP contribution in [-0.4, -0.2) is 32.5 Å². The van der Waals surface area contributed by atoms with Crippen molar-refractivity contribution in [3.05, 3.63) is 22.4 Å². The monoisotopic (exact) mass is 275 g/mol. The van der Waals surface area contributed by atoms with Crippen molar-refractivity contribution in [3.8, 4) is 0 Å². The highest BCUT2D eigenvalue weighted by molar-refractivity contribution is 7.91. The molecule has 0 bridgehead atoms. The molecule has 1 rings (SSSR count). The van der Waals surface area contributed by atoms with Crippen LogP contribution in [0.5, 0.6) is 0 Å². The minimum Gasteiger partial charge on any atom is -0.312 e. The van der Waals surface area contributed by atoms with Crippen LogP contribution < -0.4 is 5.32 Å². The highest BCUT2D eigenvalue weighted by Crippen LogP contribution is 2.14. The maximum Gasteiger partial charge on any atom is 0.151 e. The Morgan fingerprint density at radius 3 is 2.65 bits per heavy atom. The van der Waals surface area contributed by atoms with Gasteiger partial charge in [0.15, 0.2) is 9.84 Å². The first-order chi connectivity index (χ1) is 7.95. The SMILES string of the molecule is CCCNC(Cc1ccsc1)C(C)S(C)(=O)=O. The van der Waals surface area contributed by atoms with Gasteiger partial charge in [-0.1, -0.05) is 6.92 Å². The zero-order valence-electron chi connectivity index (χ0n) is 10.6. The van der Waals surface area contributed by atoms with E-state index in [2.05, 4.69) is 23.7 Å². The Kier molecular flexibility index (Phi) is 5.62. The molecule has 0 aliphatic heterocycles. The average molecular weight is 275 g/mol. The van der Waals surface area contributed by atoms with E-state index in [9.17, 15) is 8.42 Å². The summed E-state index contributed by atoms with van der Waals surface area (Å²) in [5, 5.41) is 7.09. The van der Waals surface area contributed by atoms with Crippen LogP contribution in [0.3, 0.4) is 0 Å². The Morgan fingerprint density at radius 2 is 2.18 bits per heavy atom. The second kappa shape index (κ2) is 6.52. The lowest BCUT2D eigenvalue weighted by Gasteiger charge is -2.23. The number of hydrogen-bond acceptors (Lipinski definition) is 4. The van der Waals surface area contributed by atoms with E-state index in [1.807, 2.05) is 5.38 Å². The van der Waals surface area contributed by atoms with Crippen LogP contribution >= 0.6 is 11.3 Å². The first-order valence-corrected chi connectivity index (χ1v) is 8.78. The van der Waals surface area contributed by atoms with Gasteiger partial charge < -0.3 is 5.32 Å². The summed E-state index contributed by atoms with van der Waals surface area (Å²) in [5.41, 5.74) is 1.21. The van der Waals surface area contributed by atoms with Gasteiger partial charge in [-0.2, -0.15) is 11.3 Å². The quantitative estimate of drug-likeness (QED) is 0.829. The maximum absolute atomic E-state index is 11.6. The molecule has 1 aromatic heterocycles. The maximum atomic E-state index is 11.6. The number of thiophene rings is 1. The summed E-state index contributed by atoms with van der Waals surface area (Å²) < 4.78 is 23.3. The molecule has 0 amide bonds. The highest BCUT2D eigenvalue weighted by Gasteiger charge is 2.25. The lowest BCUT2D eigenvalue weighted by atomic mass is 10.1. The van der Waals surface area contributed by atoms with Crippen LogP contribution in [0.1, 0.15) is 25.8 Å². The van der Waals surface area contributed by atoms with E-state index in [1.54, 1.807) is 18.3 Å². The topological polar surface area (TPSA) is 46.2 Å². The Bertz CT molecular complexity index is 412. The minimum absolute atomic E-state index is 0.000417. The molecule has 17 heavy (non-hydrogen) atoms. The molecule has 0 aliphatic rings. The van der Waals surface area contributed by atoms with Crippen molar-refractivity contribution in [2.45, 2.75) is 38.0 Å². The Morgan fingerprint density at radius 1 is 1.47 bits per heavy atom. The summed E-state index contributed by atoms with van der Waals surface area (Å²) in [4.78, 5) is 0. The molecule has 0 saturated carbocycles. The lowest BCUT2D eigenvalue weighted by molar-refractivity contribution is 0.482. The third-order valence-electron chi connectivity index (χ3n) is 2.93. The Balaban J connectivity index is 2.73. The average Bonchev–Trinajstić information content (AvgIpc) is 2.74. The molecule has 0 aliphatic carbocycles. The molecule has 1 aromatic rings. The van der Waals surface area contributed by atoms with Gasteiger partial charge in [0.1, 0.15) is 0 Å². The predicted octanol–water partition coefficient (Wildman–Crippen LogP) is 2.09. The van der Waals surface area contributed by atoms with Gasteiger partial charge in [-0.15, -0.1) is 0 Å². The lowest BCUT2D eigenvalue weighted by Crippen LogP contribution is -2.44. The molecular formula is C12H21NO2S2. The summed E-state index contributed by atoms with van der Waals surface area (Å²) >= 11 is 1.65. The van der Waals surface area contributed by atoms with Gasteiger partial charge in [0, 0.05) is 12.3 Å². The van der Waals surface area contributed by atoms with Gasteiger partial charge in [-0.05, 0) is 48.7 Å². The third kappa shape index (κ3) is 4.77. The van der Waals surface area contributed by atoms with Crippen molar-refractivity contribution in [1.29, 1.82) is 0 Å². The van der Waals surface area contributed by atoms with E-state index >= 15 is 0 Å². The first kappa shape index (κ1) is 14.7. The van der Waals surface area contributed by atoms with E-state index in [0.29, 0.717) is 0 Å². The van der Waals surface area contributed by atoms with Crippen LogP contribution in [0.2, 0.25) is 0 Å². The van der Waals surface area contributed by atoms with Gasteiger partial charge >= 0.3 is 0 Å². The standard InChI is InChI=1S/C12H21NO2S2/c1-4-6-13-12(10(2)17(3,14)15)8-11-5-7-16-9-11/h5,7,9-10,12-13H,4,6,8H2,1-3H3. The van der Waals surface area contributed by atoms with Crippen LogP contribution in [0.25, 0.3) is 0 Å². The smallest absolute Gasteiger partial charge is 0.151 e. The van der Waals surface area contributed by atoms with E-state index in [1.165, 1.54) is 11.8 Å². The molecule has 2 atom stereocenters. The van der Waals surface area contributed by atoms with Gasteiger partial charge in [-0.25, -0.2) is 8.42 Å². The van der Waals surface area contributed by atoms with Crippen LogP contribution in [0, 0.1) is 0 Å². The van der Waals surface area contributed by atoms with E-state index < -0.39 is 9.84 Å². The fraction of sp³-hybridized carbons (Fsp3) is 0.667. The van der Waals surface area contributed by atoms with Crippen LogP contribution in [0.4, 0.5) is 0 Å². The molecular weight excluding hydrogens is 254 g/mol. The summed E-state index contributed by atoms with van der Waals surface area (Å²) in [6.07, 6.45) is 3.10. The number of rotatable bonds is 7. The molecule has 0 aromatic carbocycles. The van der Waals surface area contributed by atoms with Gasteiger partial charge in [0.05, 0.1) is 5.25 Å². The molecule has 1 N–H and O–H groups in total. The summed E-state index contributed by atoms with van der Waals surface area (Å²) in [5.74, 6) is 0. The summed E-state index contributed by atoms with van der Waals surface area (Å²) in [7, 11) is -2.99.